The Morgan fingerprint density at radius 3 is 2.77 bits per heavy atom. The Bertz CT molecular complexity index is 1230. The standard InChI is InChI=1S/C19H19ClN6O2S2/c1-19(11-30(27,28)26(2)17(21)25-19)12-4-3-5-14(8-12)23-18-24-16(10-29-18)15-7-6-13(20)9-22-15/h3-10H,11H2,1-2H3,(H2,21,25)(H,23,24). The predicted octanol–water partition coefficient (Wildman–Crippen LogP) is 3.41. The van der Waals surface area contributed by atoms with E-state index in [4.69, 9.17) is 17.3 Å². The van der Waals surface area contributed by atoms with E-state index in [9.17, 15) is 8.42 Å². The number of nitrogens with two attached hydrogens (primary N) is 1. The molecular weight excluding hydrogens is 444 g/mol. The van der Waals surface area contributed by atoms with E-state index >= 15 is 0 Å². The summed E-state index contributed by atoms with van der Waals surface area (Å²) in [6, 6.07) is 11.0. The molecule has 2 aromatic heterocycles. The lowest BCUT2D eigenvalue weighted by Gasteiger charge is -2.34. The minimum absolute atomic E-state index is 0.0258. The van der Waals surface area contributed by atoms with Gasteiger partial charge in [0.2, 0.25) is 16.0 Å². The summed E-state index contributed by atoms with van der Waals surface area (Å²) in [5.41, 5.74) is 7.85. The summed E-state index contributed by atoms with van der Waals surface area (Å²) < 4.78 is 25.9. The first kappa shape index (κ1) is 20.6. The first-order valence-corrected chi connectivity index (χ1v) is 11.8. The van der Waals surface area contributed by atoms with Gasteiger partial charge in [0.15, 0.2) is 5.13 Å². The molecule has 0 saturated carbocycles. The summed E-state index contributed by atoms with van der Waals surface area (Å²) in [7, 11) is -2.13. The van der Waals surface area contributed by atoms with Crippen molar-refractivity contribution < 1.29 is 8.42 Å². The van der Waals surface area contributed by atoms with E-state index in [1.807, 2.05) is 35.7 Å². The van der Waals surface area contributed by atoms with Crippen LogP contribution in [0.1, 0.15) is 12.5 Å². The zero-order valence-electron chi connectivity index (χ0n) is 16.2. The topological polar surface area (TPSA) is 114 Å². The summed E-state index contributed by atoms with van der Waals surface area (Å²) in [5.74, 6) is -0.188. The van der Waals surface area contributed by atoms with Gasteiger partial charge in [-0.15, -0.1) is 11.3 Å². The fourth-order valence-corrected chi connectivity index (χ4v) is 5.43. The van der Waals surface area contributed by atoms with Crippen molar-refractivity contribution in [2.75, 3.05) is 18.1 Å². The lowest BCUT2D eigenvalue weighted by Crippen LogP contribution is -2.50. The number of hydrogen-bond acceptors (Lipinski definition) is 8. The molecule has 0 fully saturated rings. The molecule has 3 N–H and O–H groups in total. The van der Waals surface area contributed by atoms with Crippen molar-refractivity contribution in [2.45, 2.75) is 12.5 Å². The zero-order valence-corrected chi connectivity index (χ0v) is 18.6. The van der Waals surface area contributed by atoms with Gasteiger partial charge in [-0.05, 0) is 36.8 Å². The molecular formula is C19H19ClN6O2S2. The number of aromatic nitrogens is 2. The first-order valence-electron chi connectivity index (χ1n) is 8.93. The van der Waals surface area contributed by atoms with Gasteiger partial charge in [-0.3, -0.25) is 4.98 Å². The molecule has 0 radical (unpaired) electrons. The molecule has 0 amide bonds. The third kappa shape index (κ3) is 3.98. The van der Waals surface area contributed by atoms with Crippen molar-refractivity contribution in [3.63, 3.8) is 0 Å². The van der Waals surface area contributed by atoms with Crippen LogP contribution in [-0.4, -0.2) is 41.5 Å². The number of nitrogens with zero attached hydrogens (tertiary/aromatic N) is 4. The van der Waals surface area contributed by atoms with Gasteiger partial charge >= 0.3 is 0 Å². The Labute approximate surface area is 183 Å². The Hall–Kier alpha value is -2.69. The van der Waals surface area contributed by atoms with Crippen LogP contribution in [0.25, 0.3) is 11.4 Å². The zero-order chi connectivity index (χ0) is 21.5. The second-order valence-corrected chi connectivity index (χ2v) is 10.4. The Balaban J connectivity index is 1.60. The molecule has 0 bridgehead atoms. The highest BCUT2D eigenvalue weighted by Gasteiger charge is 2.40. The number of pyridine rings is 1. The smallest absolute Gasteiger partial charge is 0.239 e. The van der Waals surface area contributed by atoms with E-state index in [-0.39, 0.29) is 11.7 Å². The van der Waals surface area contributed by atoms with Gasteiger partial charge in [0.25, 0.3) is 0 Å². The van der Waals surface area contributed by atoms with Gasteiger partial charge < -0.3 is 11.1 Å². The molecule has 1 aliphatic heterocycles. The molecule has 4 rings (SSSR count). The number of hydrogen-bond donors (Lipinski definition) is 2. The molecule has 3 heterocycles. The molecule has 30 heavy (non-hydrogen) atoms. The summed E-state index contributed by atoms with van der Waals surface area (Å²) in [6.07, 6.45) is 1.58. The number of guanidine groups is 1. The first-order chi connectivity index (χ1) is 14.2. The molecule has 1 unspecified atom stereocenters. The van der Waals surface area contributed by atoms with E-state index < -0.39 is 15.6 Å². The monoisotopic (exact) mass is 462 g/mol. The van der Waals surface area contributed by atoms with E-state index in [1.54, 1.807) is 19.2 Å². The number of halogens is 1. The van der Waals surface area contributed by atoms with Crippen LogP contribution >= 0.6 is 22.9 Å². The van der Waals surface area contributed by atoms with Crippen molar-refractivity contribution in [1.82, 2.24) is 14.3 Å². The lowest BCUT2D eigenvalue weighted by atomic mass is 9.94. The predicted molar refractivity (Wildman–Crippen MR) is 121 cm³/mol. The van der Waals surface area contributed by atoms with Crippen LogP contribution in [0, 0.1) is 0 Å². The number of aliphatic imine (C=N–C) groups is 1. The molecule has 156 valence electrons. The molecule has 1 aromatic carbocycles. The number of rotatable bonds is 4. The average molecular weight is 463 g/mol. The van der Waals surface area contributed by atoms with Gasteiger partial charge in [-0.25, -0.2) is 22.7 Å². The maximum atomic E-state index is 12.4. The number of anilines is 2. The van der Waals surface area contributed by atoms with Crippen LogP contribution in [0.15, 0.2) is 53.0 Å². The molecule has 3 aromatic rings. The van der Waals surface area contributed by atoms with Crippen molar-refractivity contribution >= 4 is 49.7 Å². The van der Waals surface area contributed by atoms with E-state index in [0.717, 1.165) is 26.9 Å². The summed E-state index contributed by atoms with van der Waals surface area (Å²) >= 11 is 7.33. The highest BCUT2D eigenvalue weighted by molar-refractivity contribution is 7.89. The van der Waals surface area contributed by atoms with Gasteiger partial charge in [0, 0.05) is 24.3 Å². The fourth-order valence-electron chi connectivity index (χ4n) is 3.13. The third-order valence-electron chi connectivity index (χ3n) is 4.79. The number of nitrogens with one attached hydrogen (secondary N) is 1. The van der Waals surface area contributed by atoms with Crippen LogP contribution in [-0.2, 0) is 15.6 Å². The van der Waals surface area contributed by atoms with E-state index in [1.165, 1.54) is 18.4 Å². The Kier molecular flexibility index (Phi) is 5.16. The normalized spacial score (nSPS) is 20.6. The molecule has 0 aliphatic carbocycles. The van der Waals surface area contributed by atoms with Crippen LogP contribution in [0.2, 0.25) is 5.02 Å². The Morgan fingerprint density at radius 2 is 2.07 bits per heavy atom. The lowest BCUT2D eigenvalue weighted by molar-refractivity contribution is 0.477. The van der Waals surface area contributed by atoms with Crippen LogP contribution in [0.3, 0.4) is 0 Å². The van der Waals surface area contributed by atoms with Crippen molar-refractivity contribution in [2.24, 2.45) is 10.7 Å². The SMILES string of the molecule is CN1C(N)=NC(C)(c2cccc(Nc3nc(-c4ccc(Cl)cn4)cs3)c2)CS1(=O)=O. The maximum Gasteiger partial charge on any atom is 0.239 e. The van der Waals surface area contributed by atoms with Crippen molar-refractivity contribution in [3.05, 3.63) is 58.6 Å². The number of thiazole rings is 1. The quantitative estimate of drug-likeness (QED) is 0.614. The van der Waals surface area contributed by atoms with Gasteiger partial charge in [-0.1, -0.05) is 23.7 Å². The average Bonchev–Trinajstić information content (AvgIpc) is 3.15. The summed E-state index contributed by atoms with van der Waals surface area (Å²) in [4.78, 5) is 13.3. The maximum absolute atomic E-state index is 12.4. The second-order valence-electron chi connectivity index (χ2n) is 7.07. The van der Waals surface area contributed by atoms with E-state index in [2.05, 4.69) is 20.3 Å². The second kappa shape index (κ2) is 7.53. The van der Waals surface area contributed by atoms with Gasteiger partial charge in [0.1, 0.15) is 11.2 Å². The summed E-state index contributed by atoms with van der Waals surface area (Å²) in [5, 5.41) is 6.41. The molecule has 1 aliphatic rings. The van der Waals surface area contributed by atoms with Gasteiger partial charge in [-0.2, -0.15) is 0 Å². The minimum atomic E-state index is -3.54. The fraction of sp³-hybridized carbons (Fsp3) is 0.211. The van der Waals surface area contributed by atoms with Crippen molar-refractivity contribution in [1.29, 1.82) is 0 Å². The minimum Gasteiger partial charge on any atom is -0.369 e. The molecule has 8 nitrogen and oxygen atoms in total. The van der Waals surface area contributed by atoms with Gasteiger partial charge in [0.05, 0.1) is 16.5 Å². The number of sulfonamides is 1. The van der Waals surface area contributed by atoms with Crippen LogP contribution < -0.4 is 11.1 Å². The summed E-state index contributed by atoms with van der Waals surface area (Å²) in [6.45, 7) is 1.76. The molecule has 0 spiro atoms. The largest absolute Gasteiger partial charge is 0.369 e. The van der Waals surface area contributed by atoms with Crippen LogP contribution in [0.4, 0.5) is 10.8 Å². The van der Waals surface area contributed by atoms with E-state index in [0.29, 0.717) is 10.2 Å². The highest BCUT2D eigenvalue weighted by atomic mass is 35.5. The van der Waals surface area contributed by atoms with Crippen molar-refractivity contribution in [3.8, 4) is 11.4 Å². The third-order valence-corrected chi connectivity index (χ3v) is 7.72. The molecule has 1 atom stereocenters. The Morgan fingerprint density at radius 1 is 1.27 bits per heavy atom. The molecule has 11 heteroatoms. The number of benzene rings is 1. The van der Waals surface area contributed by atoms with Crippen LogP contribution in [0.5, 0.6) is 0 Å². The molecule has 0 saturated heterocycles. The highest BCUT2D eigenvalue weighted by Crippen LogP contribution is 2.34.